The number of anilines is 1. The number of alkyl halides is 2. The second-order valence-electron chi connectivity index (χ2n) is 9.66. The SMILES string of the molecule is Cc1ccc(C2=CC(=O)CC(C)(C)C2)cc1C(=N)c1cc(N2CCC(F)(F)CC2)ncn1. The molecule has 2 heterocycles. The molecular formula is C25H28F2N4O. The van der Waals surface area contributed by atoms with Gasteiger partial charge in [-0.15, -0.1) is 0 Å². The minimum atomic E-state index is -2.62. The van der Waals surface area contributed by atoms with Crippen LogP contribution in [-0.4, -0.2) is 40.5 Å². The normalized spacial score (nSPS) is 20.1. The first kappa shape index (κ1) is 22.2. The first-order valence-electron chi connectivity index (χ1n) is 10.9. The van der Waals surface area contributed by atoms with Crippen molar-refractivity contribution < 1.29 is 13.6 Å². The van der Waals surface area contributed by atoms with Crippen molar-refractivity contribution in [1.82, 2.24) is 9.97 Å². The molecule has 1 N–H and O–H groups in total. The smallest absolute Gasteiger partial charge is 0.251 e. The van der Waals surface area contributed by atoms with E-state index < -0.39 is 5.92 Å². The first-order valence-corrected chi connectivity index (χ1v) is 10.9. The molecule has 0 radical (unpaired) electrons. The lowest BCUT2D eigenvalue weighted by Gasteiger charge is -2.32. The number of ketones is 1. The summed E-state index contributed by atoms with van der Waals surface area (Å²) < 4.78 is 27.0. The Morgan fingerprint density at radius 2 is 1.81 bits per heavy atom. The molecule has 2 aromatic rings. The molecule has 0 bridgehead atoms. The maximum Gasteiger partial charge on any atom is 0.251 e. The van der Waals surface area contributed by atoms with Crippen LogP contribution in [0, 0.1) is 17.7 Å². The van der Waals surface area contributed by atoms with Crippen molar-refractivity contribution in [2.45, 2.75) is 52.4 Å². The van der Waals surface area contributed by atoms with E-state index in [9.17, 15) is 13.6 Å². The van der Waals surface area contributed by atoms with Crippen molar-refractivity contribution in [2.75, 3.05) is 18.0 Å². The highest BCUT2D eigenvalue weighted by Gasteiger charge is 2.34. The van der Waals surface area contributed by atoms with E-state index in [0.717, 1.165) is 28.7 Å². The molecule has 1 aromatic heterocycles. The summed E-state index contributed by atoms with van der Waals surface area (Å²) in [6.45, 7) is 6.57. The van der Waals surface area contributed by atoms with Crippen LogP contribution in [0.3, 0.4) is 0 Å². The number of halogens is 2. The molecule has 1 saturated heterocycles. The number of rotatable bonds is 4. The number of allylic oxidation sites excluding steroid dienone is 2. The van der Waals surface area contributed by atoms with E-state index in [1.165, 1.54) is 6.33 Å². The highest BCUT2D eigenvalue weighted by atomic mass is 19.3. The zero-order chi connectivity index (χ0) is 23.1. The molecule has 1 aromatic carbocycles. The molecule has 1 aliphatic carbocycles. The zero-order valence-electron chi connectivity index (χ0n) is 18.7. The van der Waals surface area contributed by atoms with Crippen LogP contribution in [0.15, 0.2) is 36.7 Å². The van der Waals surface area contributed by atoms with Gasteiger partial charge in [-0.25, -0.2) is 18.7 Å². The Bertz CT molecular complexity index is 1100. The molecule has 4 rings (SSSR count). The highest BCUT2D eigenvalue weighted by Crippen LogP contribution is 2.38. The van der Waals surface area contributed by atoms with Gasteiger partial charge in [0.25, 0.3) is 5.92 Å². The van der Waals surface area contributed by atoms with E-state index in [1.54, 1.807) is 12.1 Å². The van der Waals surface area contributed by atoms with Crippen LogP contribution >= 0.6 is 0 Å². The first-order chi connectivity index (χ1) is 15.0. The average molecular weight is 439 g/mol. The number of carbonyl (C=O) groups excluding carboxylic acids is 1. The maximum atomic E-state index is 13.5. The Morgan fingerprint density at radius 3 is 2.50 bits per heavy atom. The van der Waals surface area contributed by atoms with Gasteiger partial charge in [-0.1, -0.05) is 26.0 Å². The Morgan fingerprint density at radius 1 is 1.09 bits per heavy atom. The summed E-state index contributed by atoms with van der Waals surface area (Å²) >= 11 is 0. The van der Waals surface area contributed by atoms with Gasteiger partial charge in [0.05, 0.1) is 11.4 Å². The van der Waals surface area contributed by atoms with Crippen molar-refractivity contribution in [1.29, 1.82) is 5.41 Å². The average Bonchev–Trinajstić information content (AvgIpc) is 2.72. The molecule has 0 atom stereocenters. The molecule has 7 heteroatoms. The minimum Gasteiger partial charge on any atom is -0.356 e. The summed E-state index contributed by atoms with van der Waals surface area (Å²) in [5.74, 6) is -1.94. The van der Waals surface area contributed by atoms with Crippen LogP contribution < -0.4 is 4.90 Å². The third-order valence-corrected chi connectivity index (χ3v) is 6.26. The molecule has 32 heavy (non-hydrogen) atoms. The summed E-state index contributed by atoms with van der Waals surface area (Å²) in [4.78, 5) is 22.6. The second kappa shape index (κ2) is 8.19. The molecule has 2 aliphatic rings. The van der Waals surface area contributed by atoms with Crippen molar-refractivity contribution >= 4 is 22.9 Å². The Labute approximate surface area is 187 Å². The summed E-state index contributed by atoms with van der Waals surface area (Å²) in [6.07, 6.45) is 4.04. The zero-order valence-corrected chi connectivity index (χ0v) is 18.7. The van der Waals surface area contributed by atoms with Crippen molar-refractivity contribution in [3.8, 4) is 0 Å². The molecule has 5 nitrogen and oxygen atoms in total. The van der Waals surface area contributed by atoms with Crippen LogP contribution in [0.25, 0.3) is 5.57 Å². The fourth-order valence-corrected chi connectivity index (χ4v) is 4.48. The number of nitrogens with one attached hydrogen (secondary N) is 1. The third kappa shape index (κ3) is 4.76. The molecule has 0 amide bonds. The van der Waals surface area contributed by atoms with Crippen LogP contribution in [0.5, 0.6) is 0 Å². The van der Waals surface area contributed by atoms with Crippen molar-refractivity contribution in [3.05, 3.63) is 59.1 Å². The van der Waals surface area contributed by atoms with Gasteiger partial charge in [-0.3, -0.25) is 10.2 Å². The highest BCUT2D eigenvalue weighted by molar-refractivity contribution is 6.11. The number of hydrogen-bond acceptors (Lipinski definition) is 5. The third-order valence-electron chi connectivity index (χ3n) is 6.26. The van der Waals surface area contributed by atoms with E-state index in [0.29, 0.717) is 17.9 Å². The minimum absolute atomic E-state index is 0.0907. The number of nitrogens with zero attached hydrogens (tertiary/aromatic N) is 3. The molecule has 0 unspecified atom stereocenters. The predicted octanol–water partition coefficient (Wildman–Crippen LogP) is 5.21. The number of carbonyl (C=O) groups is 1. The molecule has 0 saturated carbocycles. The van der Waals surface area contributed by atoms with Crippen LogP contribution in [0.2, 0.25) is 0 Å². The lowest BCUT2D eigenvalue weighted by Crippen LogP contribution is -2.39. The Balaban J connectivity index is 1.62. The van der Waals surface area contributed by atoms with Gasteiger partial charge in [-0.2, -0.15) is 0 Å². The number of hydrogen-bond donors (Lipinski definition) is 1. The Hall–Kier alpha value is -2.96. The lowest BCUT2D eigenvalue weighted by atomic mass is 9.75. The van der Waals surface area contributed by atoms with E-state index >= 15 is 0 Å². The number of aromatic nitrogens is 2. The summed E-state index contributed by atoms with van der Waals surface area (Å²) in [5.41, 5.74) is 4.18. The topological polar surface area (TPSA) is 69.9 Å². The molecular weight excluding hydrogens is 410 g/mol. The monoisotopic (exact) mass is 438 g/mol. The van der Waals surface area contributed by atoms with Gasteiger partial charge in [0, 0.05) is 44.0 Å². The summed E-state index contributed by atoms with van der Waals surface area (Å²) in [5, 5.41) is 8.80. The Kier molecular flexibility index (Phi) is 5.69. The molecule has 1 aliphatic heterocycles. The van der Waals surface area contributed by atoms with Gasteiger partial charge >= 0.3 is 0 Å². The molecule has 1 fully saturated rings. The predicted molar refractivity (Wildman–Crippen MR) is 122 cm³/mol. The van der Waals surface area contributed by atoms with E-state index in [-0.39, 0.29) is 42.8 Å². The van der Waals surface area contributed by atoms with Crippen molar-refractivity contribution in [3.63, 3.8) is 0 Å². The number of benzene rings is 1. The van der Waals surface area contributed by atoms with E-state index in [4.69, 9.17) is 5.41 Å². The van der Waals surface area contributed by atoms with Crippen LogP contribution in [0.4, 0.5) is 14.6 Å². The summed E-state index contributed by atoms with van der Waals surface area (Å²) in [6, 6.07) is 7.60. The van der Waals surface area contributed by atoms with E-state index in [1.807, 2.05) is 30.0 Å². The largest absolute Gasteiger partial charge is 0.356 e. The molecule has 168 valence electrons. The van der Waals surface area contributed by atoms with Gasteiger partial charge in [0.1, 0.15) is 12.1 Å². The van der Waals surface area contributed by atoms with Gasteiger partial charge in [-0.05, 0) is 47.6 Å². The van der Waals surface area contributed by atoms with Gasteiger partial charge < -0.3 is 4.90 Å². The van der Waals surface area contributed by atoms with Crippen LogP contribution in [0.1, 0.15) is 61.9 Å². The number of piperidine rings is 1. The van der Waals surface area contributed by atoms with Gasteiger partial charge in [0.15, 0.2) is 5.78 Å². The van der Waals surface area contributed by atoms with Crippen LogP contribution in [-0.2, 0) is 4.79 Å². The van der Waals surface area contributed by atoms with Crippen molar-refractivity contribution in [2.24, 2.45) is 5.41 Å². The summed E-state index contributed by atoms with van der Waals surface area (Å²) in [7, 11) is 0. The standard InChI is InChI=1S/C25H28F2N4O/c1-16-4-5-17(18-10-19(32)14-24(2,3)13-18)11-20(16)23(28)21-12-22(30-15-29-21)31-8-6-25(26,27)7-9-31/h4-5,10-12,15,28H,6-9,13-14H2,1-3H3. The fraction of sp³-hybridized carbons (Fsp3) is 0.440. The lowest BCUT2D eigenvalue weighted by molar-refractivity contribution is -0.116. The van der Waals surface area contributed by atoms with Gasteiger partial charge in [0.2, 0.25) is 0 Å². The number of aryl methyl sites for hydroxylation is 1. The van der Waals surface area contributed by atoms with E-state index in [2.05, 4.69) is 23.8 Å². The maximum absolute atomic E-state index is 13.5. The molecule has 0 spiro atoms. The fourth-order valence-electron chi connectivity index (χ4n) is 4.48. The quantitative estimate of drug-likeness (QED) is 0.666. The second-order valence-corrected chi connectivity index (χ2v) is 9.66.